The van der Waals surface area contributed by atoms with Gasteiger partial charge in [-0.2, -0.15) is 0 Å². The molecule has 0 N–H and O–H groups in total. The number of para-hydroxylation sites is 3. The van der Waals surface area contributed by atoms with Crippen LogP contribution in [0.3, 0.4) is 0 Å². The number of hydrogen-bond acceptors (Lipinski definition) is 4. The van der Waals surface area contributed by atoms with Gasteiger partial charge >= 0.3 is 0 Å². The molecule has 1 aliphatic carbocycles. The van der Waals surface area contributed by atoms with Crippen LogP contribution in [-0.2, 0) is 0 Å². The number of allylic oxidation sites excluding steroid dienone is 2. The van der Waals surface area contributed by atoms with E-state index in [9.17, 15) is 0 Å². The van der Waals surface area contributed by atoms with Crippen LogP contribution in [0.2, 0.25) is 0 Å². The van der Waals surface area contributed by atoms with Crippen LogP contribution in [0.5, 0.6) is 5.75 Å². The van der Waals surface area contributed by atoms with E-state index in [1.54, 1.807) is 0 Å². The minimum Gasteiger partial charge on any atom is -0.483 e. The Balaban J connectivity index is 0.993. The summed E-state index contributed by atoms with van der Waals surface area (Å²) in [7, 11) is 0. The second kappa shape index (κ2) is 11.4. The van der Waals surface area contributed by atoms with Crippen molar-refractivity contribution in [2.75, 3.05) is 4.90 Å². The fourth-order valence-electron chi connectivity index (χ4n) is 8.25. The maximum Gasteiger partial charge on any atom is 0.149 e. The van der Waals surface area contributed by atoms with Crippen LogP contribution in [0.4, 0.5) is 11.4 Å². The fourth-order valence-corrected chi connectivity index (χ4v) is 8.25. The van der Waals surface area contributed by atoms with E-state index in [1.807, 2.05) is 12.1 Å². The first kappa shape index (κ1) is 29.0. The smallest absolute Gasteiger partial charge is 0.149 e. The van der Waals surface area contributed by atoms with Crippen molar-refractivity contribution in [1.29, 1.82) is 0 Å². The summed E-state index contributed by atoms with van der Waals surface area (Å²) in [6.07, 6.45) is 6.49. The fraction of sp³-hybridized carbons (Fsp3) is 0.0417. The number of hydrogen-bond donors (Lipinski definition) is 0. The minimum atomic E-state index is -0.174. The molecule has 0 bridgehead atoms. The molecular formula is C48H31NO3. The summed E-state index contributed by atoms with van der Waals surface area (Å²) >= 11 is 0. The van der Waals surface area contributed by atoms with Crippen molar-refractivity contribution in [2.24, 2.45) is 0 Å². The number of furan rings is 2. The summed E-state index contributed by atoms with van der Waals surface area (Å²) < 4.78 is 19.4. The van der Waals surface area contributed by atoms with Crippen molar-refractivity contribution < 1.29 is 13.6 Å². The van der Waals surface area contributed by atoms with Gasteiger partial charge in [0.25, 0.3) is 0 Å². The summed E-state index contributed by atoms with van der Waals surface area (Å²) in [6, 6.07) is 55.2. The first-order valence-electron chi connectivity index (χ1n) is 17.7. The zero-order valence-corrected chi connectivity index (χ0v) is 28.1. The lowest BCUT2D eigenvalue weighted by Crippen LogP contribution is -2.32. The van der Waals surface area contributed by atoms with Crippen molar-refractivity contribution in [3.63, 3.8) is 0 Å². The molecule has 0 amide bonds. The number of ether oxygens (including phenoxy) is 1. The number of benzene rings is 7. The topological polar surface area (TPSA) is 38.8 Å². The first-order valence-corrected chi connectivity index (χ1v) is 17.7. The van der Waals surface area contributed by atoms with Gasteiger partial charge in [0.2, 0.25) is 0 Å². The zero-order valence-electron chi connectivity index (χ0n) is 28.1. The maximum atomic E-state index is 6.88. The Bertz CT molecular complexity index is 2860. The largest absolute Gasteiger partial charge is 0.483 e. The van der Waals surface area contributed by atoms with Crippen LogP contribution in [-0.4, -0.2) is 6.10 Å². The molecule has 2 aliphatic rings. The maximum absolute atomic E-state index is 6.88. The molecule has 7 aromatic carbocycles. The normalized spacial score (nSPS) is 16.3. The van der Waals surface area contributed by atoms with Crippen molar-refractivity contribution in [1.82, 2.24) is 0 Å². The van der Waals surface area contributed by atoms with Crippen LogP contribution >= 0.6 is 0 Å². The summed E-state index contributed by atoms with van der Waals surface area (Å²) in [5.41, 5.74) is 12.7. The van der Waals surface area contributed by atoms with Crippen LogP contribution in [0, 0.1) is 0 Å². The van der Waals surface area contributed by atoms with E-state index in [0.717, 1.165) is 83.4 Å². The SMILES string of the molecule is C1=CC2c3c(cccc3-c3ccc4oc5ccc(-c6ccc7oc8ccccc8c7c6)cc5c4c3)OC2C(N(c2ccccc2)c2ccccc2)=C1. The van der Waals surface area contributed by atoms with E-state index in [4.69, 9.17) is 13.6 Å². The molecule has 1 aliphatic heterocycles. The Kier molecular flexibility index (Phi) is 6.34. The quantitative estimate of drug-likeness (QED) is 0.183. The van der Waals surface area contributed by atoms with Gasteiger partial charge in [-0.1, -0.05) is 97.1 Å². The molecule has 2 atom stereocenters. The van der Waals surface area contributed by atoms with Crippen molar-refractivity contribution in [3.05, 3.63) is 187 Å². The Morgan fingerprint density at radius 1 is 0.462 bits per heavy atom. The molecule has 2 unspecified atom stereocenters. The van der Waals surface area contributed by atoms with Crippen LogP contribution in [0.25, 0.3) is 66.1 Å². The van der Waals surface area contributed by atoms with Gasteiger partial charge < -0.3 is 18.5 Å². The first-order chi connectivity index (χ1) is 25.8. The third kappa shape index (κ3) is 4.47. The third-order valence-corrected chi connectivity index (χ3v) is 10.6. The van der Waals surface area contributed by atoms with Gasteiger partial charge in [0, 0.05) is 44.4 Å². The highest BCUT2D eigenvalue weighted by Gasteiger charge is 2.41. The summed E-state index contributed by atoms with van der Waals surface area (Å²) in [5.74, 6) is 0.978. The summed E-state index contributed by atoms with van der Waals surface area (Å²) in [6.45, 7) is 0. The zero-order chi connectivity index (χ0) is 34.2. The Morgan fingerprint density at radius 3 is 1.69 bits per heavy atom. The highest BCUT2D eigenvalue weighted by atomic mass is 16.5. The minimum absolute atomic E-state index is 0.0541. The molecule has 2 aromatic heterocycles. The van der Waals surface area contributed by atoms with Gasteiger partial charge in [0.15, 0.2) is 0 Å². The van der Waals surface area contributed by atoms with E-state index in [1.165, 1.54) is 11.1 Å². The summed E-state index contributed by atoms with van der Waals surface area (Å²) in [4.78, 5) is 2.32. The molecular weight excluding hydrogens is 639 g/mol. The predicted octanol–water partition coefficient (Wildman–Crippen LogP) is 13.0. The number of fused-ring (bicyclic) bond motifs is 9. The van der Waals surface area contributed by atoms with Gasteiger partial charge in [-0.3, -0.25) is 0 Å². The average Bonchev–Trinajstić information content (AvgIpc) is 3.89. The molecule has 0 fully saturated rings. The van der Waals surface area contributed by atoms with E-state index in [2.05, 4.69) is 169 Å². The molecule has 0 saturated heterocycles. The van der Waals surface area contributed by atoms with Gasteiger partial charge in [0.05, 0.1) is 5.70 Å². The van der Waals surface area contributed by atoms with E-state index in [-0.39, 0.29) is 12.0 Å². The number of rotatable bonds is 5. The molecule has 0 radical (unpaired) electrons. The van der Waals surface area contributed by atoms with E-state index < -0.39 is 0 Å². The highest BCUT2D eigenvalue weighted by molar-refractivity contribution is 6.09. The lowest BCUT2D eigenvalue weighted by molar-refractivity contribution is 0.253. The average molecular weight is 670 g/mol. The second-order valence-electron chi connectivity index (χ2n) is 13.6. The molecule has 0 saturated carbocycles. The van der Waals surface area contributed by atoms with Crippen molar-refractivity contribution >= 4 is 55.3 Å². The molecule has 3 heterocycles. The molecule has 246 valence electrons. The van der Waals surface area contributed by atoms with Gasteiger partial charge in [-0.25, -0.2) is 0 Å². The predicted molar refractivity (Wildman–Crippen MR) is 211 cm³/mol. The van der Waals surface area contributed by atoms with Crippen molar-refractivity contribution in [3.8, 4) is 28.0 Å². The number of anilines is 2. The van der Waals surface area contributed by atoms with Gasteiger partial charge in [-0.05, 0) is 101 Å². The molecule has 52 heavy (non-hydrogen) atoms. The molecule has 9 aromatic rings. The molecule has 11 rings (SSSR count). The number of nitrogens with zero attached hydrogens (tertiary/aromatic N) is 1. The Labute approximate surface area is 300 Å². The lowest BCUT2D eigenvalue weighted by Gasteiger charge is -2.34. The Morgan fingerprint density at radius 2 is 1.02 bits per heavy atom. The monoisotopic (exact) mass is 669 g/mol. The van der Waals surface area contributed by atoms with Gasteiger partial charge in [-0.15, -0.1) is 0 Å². The molecule has 4 nitrogen and oxygen atoms in total. The van der Waals surface area contributed by atoms with Crippen LogP contribution in [0.15, 0.2) is 190 Å². The second-order valence-corrected chi connectivity index (χ2v) is 13.6. The third-order valence-electron chi connectivity index (χ3n) is 10.6. The summed E-state index contributed by atoms with van der Waals surface area (Å²) in [5, 5.41) is 4.44. The highest BCUT2D eigenvalue weighted by Crippen LogP contribution is 2.50. The van der Waals surface area contributed by atoms with Crippen molar-refractivity contribution in [2.45, 2.75) is 12.0 Å². The van der Waals surface area contributed by atoms with Gasteiger partial charge in [0.1, 0.15) is 34.2 Å². The lowest BCUT2D eigenvalue weighted by atomic mass is 9.84. The molecule has 0 spiro atoms. The van der Waals surface area contributed by atoms with E-state index in [0.29, 0.717) is 0 Å². The van der Waals surface area contributed by atoms with Crippen LogP contribution < -0.4 is 9.64 Å². The standard InChI is InChI=1S/C48H31NO3/c1-3-11-33(12-4-1)49(34-13-5-2-6-14-34)41-18-9-17-37-47-35(16-10-20-46(47)52-48(37)41)32-23-26-45-40(29-32)39-28-31(22-25-44(39)51-45)30-21-24-43-38(27-30)36-15-7-8-19-42(36)50-43/h1-29,37,48H. The van der Waals surface area contributed by atoms with E-state index >= 15 is 0 Å². The molecule has 4 heteroatoms. The van der Waals surface area contributed by atoms with Crippen LogP contribution in [0.1, 0.15) is 11.5 Å². The Hall–Kier alpha value is -6.78.